The van der Waals surface area contributed by atoms with Crippen molar-refractivity contribution in [2.75, 3.05) is 39.4 Å². The molecule has 6 nitrogen and oxygen atoms in total. The van der Waals surface area contributed by atoms with E-state index in [1.807, 2.05) is 6.07 Å². The van der Waals surface area contributed by atoms with E-state index in [0.717, 1.165) is 19.6 Å². The van der Waals surface area contributed by atoms with Crippen molar-refractivity contribution in [1.29, 1.82) is 5.26 Å². The summed E-state index contributed by atoms with van der Waals surface area (Å²) in [7, 11) is 0. The minimum absolute atomic E-state index is 0.0244. The molecule has 1 atom stereocenters. The predicted octanol–water partition coefficient (Wildman–Crippen LogP) is 1.41. The van der Waals surface area contributed by atoms with Crippen molar-refractivity contribution >= 4 is 5.91 Å². The van der Waals surface area contributed by atoms with Crippen LogP contribution in [0.1, 0.15) is 19.4 Å². The minimum Gasteiger partial charge on any atom is -0.484 e. The molecule has 24 heavy (non-hydrogen) atoms. The molecule has 2 rings (SSSR count). The number of nitriles is 1. The van der Waals surface area contributed by atoms with Gasteiger partial charge in [0.15, 0.2) is 6.61 Å². The lowest BCUT2D eigenvalue weighted by atomic mass is 10.2. The van der Waals surface area contributed by atoms with Crippen LogP contribution >= 0.6 is 0 Å². The molecule has 1 amide bonds. The van der Waals surface area contributed by atoms with Crippen molar-refractivity contribution in [3.05, 3.63) is 29.8 Å². The number of hydrogen-bond acceptors (Lipinski definition) is 5. The standard InChI is InChI=1S/C18H25N3O3/c1-14(2)11-21-7-8-23-17(12-21)10-20-18(22)13-24-16-5-3-15(9-19)4-6-16/h3-6,14,17H,7-8,10-13H2,1-2H3,(H,20,22). The molecule has 0 aliphatic carbocycles. The number of carbonyl (C=O) groups is 1. The Labute approximate surface area is 143 Å². The molecule has 0 radical (unpaired) electrons. The summed E-state index contributed by atoms with van der Waals surface area (Å²) in [6, 6.07) is 8.72. The Balaban J connectivity index is 1.68. The summed E-state index contributed by atoms with van der Waals surface area (Å²) in [5, 5.41) is 11.6. The van der Waals surface area contributed by atoms with E-state index in [9.17, 15) is 4.79 Å². The second-order valence-corrected chi connectivity index (χ2v) is 6.38. The molecule has 0 saturated carbocycles. The molecule has 0 aromatic heterocycles. The van der Waals surface area contributed by atoms with Crippen LogP contribution in [0, 0.1) is 17.2 Å². The molecule has 1 aliphatic rings. The average Bonchev–Trinajstić information content (AvgIpc) is 2.58. The number of benzene rings is 1. The lowest BCUT2D eigenvalue weighted by molar-refractivity contribution is -0.124. The summed E-state index contributed by atoms with van der Waals surface area (Å²) < 4.78 is 11.1. The van der Waals surface area contributed by atoms with Crippen molar-refractivity contribution in [3.63, 3.8) is 0 Å². The second kappa shape index (κ2) is 9.26. The largest absolute Gasteiger partial charge is 0.484 e. The number of amides is 1. The molecule has 130 valence electrons. The molecule has 0 bridgehead atoms. The average molecular weight is 331 g/mol. The van der Waals surface area contributed by atoms with Gasteiger partial charge in [-0.2, -0.15) is 5.26 Å². The van der Waals surface area contributed by atoms with Crippen molar-refractivity contribution in [3.8, 4) is 11.8 Å². The summed E-state index contributed by atoms with van der Waals surface area (Å²) in [5.74, 6) is 1.02. The number of nitrogens with one attached hydrogen (secondary N) is 1. The Morgan fingerprint density at radius 2 is 2.21 bits per heavy atom. The summed E-state index contributed by atoms with van der Waals surface area (Å²) in [6.45, 7) is 8.39. The SMILES string of the molecule is CC(C)CN1CCOC(CNC(=O)COc2ccc(C#N)cc2)C1. The smallest absolute Gasteiger partial charge is 0.258 e. The third kappa shape index (κ3) is 6.19. The Bertz CT molecular complexity index is 566. The number of carbonyl (C=O) groups excluding carboxylic acids is 1. The van der Waals surface area contributed by atoms with Gasteiger partial charge in [-0.05, 0) is 30.2 Å². The molecular formula is C18H25N3O3. The predicted molar refractivity (Wildman–Crippen MR) is 90.7 cm³/mol. The Hall–Kier alpha value is -2.10. The van der Waals surface area contributed by atoms with E-state index in [-0.39, 0.29) is 18.6 Å². The third-order valence-corrected chi connectivity index (χ3v) is 3.73. The van der Waals surface area contributed by atoms with Crippen molar-refractivity contribution < 1.29 is 14.3 Å². The van der Waals surface area contributed by atoms with Gasteiger partial charge in [-0.1, -0.05) is 13.8 Å². The number of ether oxygens (including phenoxy) is 2. The monoisotopic (exact) mass is 331 g/mol. The molecular weight excluding hydrogens is 306 g/mol. The molecule has 1 fully saturated rings. The number of morpholine rings is 1. The first-order valence-corrected chi connectivity index (χ1v) is 8.30. The van der Waals surface area contributed by atoms with Crippen LogP contribution in [0.15, 0.2) is 24.3 Å². The second-order valence-electron chi connectivity index (χ2n) is 6.38. The zero-order valence-corrected chi connectivity index (χ0v) is 14.3. The van der Waals surface area contributed by atoms with Gasteiger partial charge in [-0.3, -0.25) is 9.69 Å². The normalized spacial score (nSPS) is 18.2. The quantitative estimate of drug-likeness (QED) is 0.818. The maximum Gasteiger partial charge on any atom is 0.258 e. The van der Waals surface area contributed by atoms with Gasteiger partial charge in [-0.15, -0.1) is 0 Å². The molecule has 1 unspecified atom stereocenters. The third-order valence-electron chi connectivity index (χ3n) is 3.73. The lowest BCUT2D eigenvalue weighted by Crippen LogP contribution is -2.48. The zero-order chi connectivity index (χ0) is 17.4. The van der Waals surface area contributed by atoms with Gasteiger partial charge in [0.25, 0.3) is 5.91 Å². The summed E-state index contributed by atoms with van der Waals surface area (Å²) >= 11 is 0. The lowest BCUT2D eigenvalue weighted by Gasteiger charge is -2.33. The van der Waals surface area contributed by atoms with Crippen LogP contribution in [0.2, 0.25) is 0 Å². The van der Waals surface area contributed by atoms with Gasteiger partial charge in [-0.25, -0.2) is 0 Å². The van der Waals surface area contributed by atoms with E-state index in [1.54, 1.807) is 24.3 Å². The Morgan fingerprint density at radius 3 is 2.88 bits per heavy atom. The molecule has 1 heterocycles. The Kier molecular flexibility index (Phi) is 7.04. The van der Waals surface area contributed by atoms with Crippen molar-refractivity contribution in [1.82, 2.24) is 10.2 Å². The highest BCUT2D eigenvalue weighted by molar-refractivity contribution is 5.77. The van der Waals surface area contributed by atoms with E-state index >= 15 is 0 Å². The van der Waals surface area contributed by atoms with E-state index in [0.29, 0.717) is 30.4 Å². The van der Waals surface area contributed by atoms with Gasteiger partial charge >= 0.3 is 0 Å². The van der Waals surface area contributed by atoms with Crippen LogP contribution in [-0.4, -0.2) is 56.3 Å². The van der Waals surface area contributed by atoms with Crippen LogP contribution in [0.4, 0.5) is 0 Å². The van der Waals surface area contributed by atoms with E-state index in [1.165, 1.54) is 0 Å². The number of nitrogens with zero attached hydrogens (tertiary/aromatic N) is 2. The fourth-order valence-electron chi connectivity index (χ4n) is 2.64. The first-order chi connectivity index (χ1) is 11.6. The number of hydrogen-bond donors (Lipinski definition) is 1. The van der Waals surface area contributed by atoms with Crippen LogP contribution in [-0.2, 0) is 9.53 Å². The fourth-order valence-corrected chi connectivity index (χ4v) is 2.64. The molecule has 6 heteroatoms. The molecule has 1 aromatic carbocycles. The van der Waals surface area contributed by atoms with Gasteiger partial charge in [0.1, 0.15) is 5.75 Å². The first kappa shape index (κ1) is 18.2. The van der Waals surface area contributed by atoms with Gasteiger partial charge in [0.2, 0.25) is 0 Å². The maximum atomic E-state index is 11.9. The Morgan fingerprint density at radius 1 is 1.46 bits per heavy atom. The summed E-state index contributed by atoms with van der Waals surface area (Å²) in [5.41, 5.74) is 0.562. The van der Waals surface area contributed by atoms with E-state index in [2.05, 4.69) is 24.1 Å². The van der Waals surface area contributed by atoms with Crippen LogP contribution < -0.4 is 10.1 Å². The molecule has 0 spiro atoms. The minimum atomic E-state index is -0.177. The molecule has 1 saturated heterocycles. The number of rotatable bonds is 7. The summed E-state index contributed by atoms with van der Waals surface area (Å²) in [4.78, 5) is 14.3. The zero-order valence-electron chi connectivity index (χ0n) is 14.3. The van der Waals surface area contributed by atoms with Gasteiger partial charge in [0, 0.05) is 26.2 Å². The van der Waals surface area contributed by atoms with Crippen molar-refractivity contribution in [2.24, 2.45) is 5.92 Å². The highest BCUT2D eigenvalue weighted by atomic mass is 16.5. The van der Waals surface area contributed by atoms with Crippen LogP contribution in [0.3, 0.4) is 0 Å². The highest BCUT2D eigenvalue weighted by Crippen LogP contribution is 2.11. The van der Waals surface area contributed by atoms with Gasteiger partial charge < -0.3 is 14.8 Å². The van der Waals surface area contributed by atoms with Crippen LogP contribution in [0.25, 0.3) is 0 Å². The first-order valence-electron chi connectivity index (χ1n) is 8.30. The topological polar surface area (TPSA) is 74.6 Å². The highest BCUT2D eigenvalue weighted by Gasteiger charge is 2.21. The van der Waals surface area contributed by atoms with E-state index in [4.69, 9.17) is 14.7 Å². The molecule has 1 aromatic rings. The van der Waals surface area contributed by atoms with Crippen molar-refractivity contribution in [2.45, 2.75) is 20.0 Å². The summed E-state index contributed by atoms with van der Waals surface area (Å²) in [6.07, 6.45) is 0.0244. The van der Waals surface area contributed by atoms with Crippen LogP contribution in [0.5, 0.6) is 5.75 Å². The molecule has 1 N–H and O–H groups in total. The van der Waals surface area contributed by atoms with E-state index < -0.39 is 0 Å². The maximum absolute atomic E-state index is 11.9. The molecule has 1 aliphatic heterocycles. The van der Waals surface area contributed by atoms with Gasteiger partial charge in [0.05, 0.1) is 24.3 Å². The fraction of sp³-hybridized carbons (Fsp3) is 0.556.